The molecule has 0 aromatic carbocycles. The number of carbonyl (C=O) groups is 1. The van der Waals surface area contributed by atoms with E-state index in [0.29, 0.717) is 0 Å². The van der Waals surface area contributed by atoms with Crippen LogP contribution in [0.4, 0.5) is 0 Å². The molecule has 0 spiro atoms. The number of allylic oxidation sites excluding steroid dienone is 1. The molecule has 0 heterocycles. The van der Waals surface area contributed by atoms with Gasteiger partial charge in [0.1, 0.15) is 0 Å². The van der Waals surface area contributed by atoms with Crippen molar-refractivity contribution in [3.05, 3.63) is 11.6 Å². The molecule has 0 rings (SSSR count). The summed E-state index contributed by atoms with van der Waals surface area (Å²) in [6.07, 6.45) is 0.936. The number of esters is 1. The van der Waals surface area contributed by atoms with Gasteiger partial charge in [-0.05, 0) is 13.8 Å². The number of hydrogen-bond donors (Lipinski definition) is 1. The van der Waals surface area contributed by atoms with E-state index in [1.54, 1.807) is 6.08 Å². The van der Waals surface area contributed by atoms with E-state index in [2.05, 4.69) is 4.74 Å². The Bertz CT molecular complexity index is 157. The lowest BCUT2D eigenvalue weighted by molar-refractivity contribution is -0.142. The van der Waals surface area contributed by atoms with Gasteiger partial charge in [-0.1, -0.05) is 11.6 Å². The number of aliphatic hydroxyl groups is 1. The molecule has 0 saturated heterocycles. The van der Waals surface area contributed by atoms with Gasteiger partial charge in [-0.2, -0.15) is 0 Å². The Morgan fingerprint density at radius 2 is 2.18 bits per heavy atom. The fourth-order valence-corrected chi connectivity index (χ4v) is 0.698. The highest BCUT2D eigenvalue weighted by atomic mass is 16.5. The van der Waals surface area contributed by atoms with E-state index in [-0.39, 0.29) is 6.42 Å². The van der Waals surface area contributed by atoms with Crippen LogP contribution in [-0.2, 0) is 9.53 Å². The quantitative estimate of drug-likeness (QED) is 0.490. The van der Waals surface area contributed by atoms with Gasteiger partial charge < -0.3 is 9.84 Å². The molecule has 0 aliphatic rings. The summed E-state index contributed by atoms with van der Waals surface area (Å²) in [4.78, 5) is 10.6. The number of methoxy groups -OCH3 is 1. The molecule has 0 aliphatic carbocycles. The van der Waals surface area contributed by atoms with Crippen LogP contribution in [0.3, 0.4) is 0 Å². The maximum absolute atomic E-state index is 10.6. The number of hydrogen-bond acceptors (Lipinski definition) is 3. The first-order chi connectivity index (χ1) is 5.06. The molecule has 3 nitrogen and oxygen atoms in total. The summed E-state index contributed by atoms with van der Waals surface area (Å²) in [5.41, 5.74) is 0.987. The summed E-state index contributed by atoms with van der Waals surface area (Å²) >= 11 is 0. The zero-order chi connectivity index (χ0) is 8.85. The Balaban J connectivity index is 3.78. The molecule has 0 saturated carbocycles. The van der Waals surface area contributed by atoms with E-state index in [0.717, 1.165) is 5.57 Å². The van der Waals surface area contributed by atoms with Gasteiger partial charge in [-0.15, -0.1) is 0 Å². The second kappa shape index (κ2) is 4.91. The first-order valence-corrected chi connectivity index (χ1v) is 3.46. The molecule has 0 fully saturated rings. The van der Waals surface area contributed by atoms with Crippen molar-refractivity contribution >= 4 is 5.97 Å². The van der Waals surface area contributed by atoms with Crippen molar-refractivity contribution in [2.45, 2.75) is 26.4 Å². The van der Waals surface area contributed by atoms with Gasteiger partial charge in [-0.3, -0.25) is 4.79 Å². The number of carbonyl (C=O) groups excluding carboxylic acids is 1. The third kappa shape index (κ3) is 5.61. The van der Waals surface area contributed by atoms with Gasteiger partial charge in [-0.25, -0.2) is 0 Å². The van der Waals surface area contributed by atoms with Gasteiger partial charge in [0.15, 0.2) is 0 Å². The first kappa shape index (κ1) is 10.2. The van der Waals surface area contributed by atoms with E-state index >= 15 is 0 Å². The van der Waals surface area contributed by atoms with Crippen LogP contribution in [0.15, 0.2) is 11.6 Å². The van der Waals surface area contributed by atoms with Gasteiger partial charge in [0.05, 0.1) is 19.6 Å². The maximum Gasteiger partial charge on any atom is 0.308 e. The van der Waals surface area contributed by atoms with Gasteiger partial charge in [0, 0.05) is 0 Å². The molecule has 64 valence electrons. The summed E-state index contributed by atoms with van der Waals surface area (Å²) in [6.45, 7) is 3.72. The van der Waals surface area contributed by atoms with Gasteiger partial charge >= 0.3 is 5.97 Å². The predicted octanol–water partition coefficient (Wildman–Crippen LogP) is 0.877. The van der Waals surface area contributed by atoms with E-state index in [1.165, 1.54) is 7.11 Å². The normalized spacial score (nSPS) is 12.0. The minimum Gasteiger partial charge on any atom is -0.469 e. The summed E-state index contributed by atoms with van der Waals surface area (Å²) in [5, 5.41) is 9.14. The van der Waals surface area contributed by atoms with Crippen molar-refractivity contribution in [2.24, 2.45) is 0 Å². The molecule has 11 heavy (non-hydrogen) atoms. The van der Waals surface area contributed by atoms with Crippen LogP contribution in [0.2, 0.25) is 0 Å². The topological polar surface area (TPSA) is 46.5 Å². The second-order valence-electron chi connectivity index (χ2n) is 2.59. The zero-order valence-corrected chi connectivity index (χ0v) is 7.13. The SMILES string of the molecule is COC(=O)CC(O)C=C(C)C. The Labute approximate surface area is 66.7 Å². The average molecular weight is 158 g/mol. The first-order valence-electron chi connectivity index (χ1n) is 3.46. The van der Waals surface area contributed by atoms with Crippen LogP contribution in [0.25, 0.3) is 0 Å². The highest BCUT2D eigenvalue weighted by molar-refractivity contribution is 5.70. The summed E-state index contributed by atoms with van der Waals surface area (Å²) in [6, 6.07) is 0. The summed E-state index contributed by atoms with van der Waals surface area (Å²) < 4.78 is 4.37. The standard InChI is InChI=1S/C8H14O3/c1-6(2)4-7(9)5-8(10)11-3/h4,7,9H,5H2,1-3H3. The monoisotopic (exact) mass is 158 g/mol. The largest absolute Gasteiger partial charge is 0.469 e. The molecule has 0 radical (unpaired) electrons. The number of ether oxygens (including phenoxy) is 1. The molecule has 0 aromatic heterocycles. The van der Waals surface area contributed by atoms with Crippen molar-refractivity contribution in [3.8, 4) is 0 Å². The highest BCUT2D eigenvalue weighted by Crippen LogP contribution is 1.99. The lowest BCUT2D eigenvalue weighted by Gasteiger charge is -2.03. The second-order valence-corrected chi connectivity index (χ2v) is 2.59. The van der Waals surface area contributed by atoms with E-state index in [9.17, 15) is 4.79 Å². The van der Waals surface area contributed by atoms with Crippen molar-refractivity contribution in [2.75, 3.05) is 7.11 Å². The maximum atomic E-state index is 10.6. The van der Waals surface area contributed by atoms with Crippen molar-refractivity contribution < 1.29 is 14.6 Å². The van der Waals surface area contributed by atoms with Gasteiger partial charge in [0.2, 0.25) is 0 Å². The molecular weight excluding hydrogens is 144 g/mol. The van der Waals surface area contributed by atoms with Crippen molar-refractivity contribution in [1.82, 2.24) is 0 Å². The fraction of sp³-hybridized carbons (Fsp3) is 0.625. The number of aliphatic hydroxyl groups excluding tert-OH is 1. The lowest BCUT2D eigenvalue weighted by Crippen LogP contribution is -2.12. The third-order valence-electron chi connectivity index (χ3n) is 1.13. The van der Waals surface area contributed by atoms with E-state index in [4.69, 9.17) is 5.11 Å². The van der Waals surface area contributed by atoms with Crippen molar-refractivity contribution in [1.29, 1.82) is 0 Å². The van der Waals surface area contributed by atoms with E-state index in [1.807, 2.05) is 13.8 Å². The minimum absolute atomic E-state index is 0.0294. The van der Waals surface area contributed by atoms with E-state index < -0.39 is 12.1 Å². The summed E-state index contributed by atoms with van der Waals surface area (Å²) in [7, 11) is 1.30. The molecule has 3 heteroatoms. The molecule has 0 amide bonds. The Kier molecular flexibility index (Phi) is 4.54. The van der Waals surface area contributed by atoms with Crippen LogP contribution >= 0.6 is 0 Å². The average Bonchev–Trinajstić information content (AvgIpc) is 1.85. The third-order valence-corrected chi connectivity index (χ3v) is 1.13. The van der Waals surface area contributed by atoms with Gasteiger partial charge in [0.25, 0.3) is 0 Å². The molecule has 1 N–H and O–H groups in total. The predicted molar refractivity (Wildman–Crippen MR) is 42.1 cm³/mol. The fourth-order valence-electron chi connectivity index (χ4n) is 0.698. The molecule has 1 unspecified atom stereocenters. The summed E-state index contributed by atoms with van der Waals surface area (Å²) in [5.74, 6) is -0.394. The number of rotatable bonds is 3. The van der Waals surface area contributed by atoms with Crippen LogP contribution in [0.5, 0.6) is 0 Å². The molecule has 0 bridgehead atoms. The smallest absolute Gasteiger partial charge is 0.308 e. The Morgan fingerprint density at radius 3 is 2.55 bits per heavy atom. The van der Waals surface area contributed by atoms with Crippen molar-refractivity contribution in [3.63, 3.8) is 0 Å². The van der Waals surface area contributed by atoms with Crippen LogP contribution in [-0.4, -0.2) is 24.3 Å². The zero-order valence-electron chi connectivity index (χ0n) is 7.13. The molecule has 0 aromatic rings. The van der Waals surface area contributed by atoms with Crippen LogP contribution in [0.1, 0.15) is 20.3 Å². The van der Waals surface area contributed by atoms with Crippen LogP contribution in [0, 0.1) is 0 Å². The minimum atomic E-state index is -0.715. The highest BCUT2D eigenvalue weighted by Gasteiger charge is 2.06. The lowest BCUT2D eigenvalue weighted by atomic mass is 10.2. The van der Waals surface area contributed by atoms with Crippen LogP contribution < -0.4 is 0 Å². The molecular formula is C8H14O3. The molecule has 1 atom stereocenters. The Hall–Kier alpha value is -0.830. The molecule has 0 aliphatic heterocycles. The Morgan fingerprint density at radius 1 is 1.64 bits per heavy atom.